The van der Waals surface area contributed by atoms with Crippen molar-refractivity contribution in [2.75, 3.05) is 14.2 Å². The number of methoxy groups -OCH3 is 1. The van der Waals surface area contributed by atoms with E-state index < -0.39 is 22.5 Å². The number of aryl methyl sites for hydroxylation is 2. The molecular formula is C16H21N3O5S. The monoisotopic (exact) mass is 367 g/mol. The topological polar surface area (TPSA) is 102 Å². The van der Waals surface area contributed by atoms with Crippen LogP contribution in [0.5, 0.6) is 5.75 Å². The number of ether oxygens (including phenoxy) is 1. The van der Waals surface area contributed by atoms with Crippen LogP contribution in [-0.4, -0.2) is 47.7 Å². The number of carbonyl (C=O) groups is 1. The number of aromatic nitrogens is 2. The van der Waals surface area contributed by atoms with E-state index in [1.807, 2.05) is 26.0 Å². The van der Waals surface area contributed by atoms with Gasteiger partial charge in [0.1, 0.15) is 17.2 Å². The number of nitrogens with zero attached hydrogens (tertiary/aromatic N) is 3. The number of sulfonamides is 1. The second kappa shape index (κ2) is 7.24. The standard InChI is InChI=1S/C16H21N3O5S/c1-11-5-13(6-12(2)16(11)24-4)8-18(3)25(22,23)14-7-17-19(9-14)10-15(20)21/h5-7,9H,8,10H2,1-4H3,(H,20,21). The van der Waals surface area contributed by atoms with E-state index in [0.29, 0.717) is 0 Å². The van der Waals surface area contributed by atoms with Crippen LogP contribution < -0.4 is 4.74 Å². The summed E-state index contributed by atoms with van der Waals surface area (Å²) in [5.74, 6) is -0.311. The summed E-state index contributed by atoms with van der Waals surface area (Å²) in [6, 6.07) is 3.76. The molecule has 8 nitrogen and oxygen atoms in total. The Morgan fingerprint density at radius 3 is 2.44 bits per heavy atom. The summed E-state index contributed by atoms with van der Waals surface area (Å²) in [6.45, 7) is 3.59. The fourth-order valence-electron chi connectivity index (χ4n) is 2.68. The van der Waals surface area contributed by atoms with Crippen LogP contribution in [0.3, 0.4) is 0 Å². The third kappa shape index (κ3) is 4.18. The van der Waals surface area contributed by atoms with E-state index in [4.69, 9.17) is 9.84 Å². The highest BCUT2D eigenvalue weighted by atomic mass is 32.2. The molecule has 25 heavy (non-hydrogen) atoms. The largest absolute Gasteiger partial charge is 0.496 e. The molecule has 2 rings (SSSR count). The molecule has 0 aliphatic carbocycles. The van der Waals surface area contributed by atoms with Crippen LogP contribution in [0.2, 0.25) is 0 Å². The molecular weight excluding hydrogens is 346 g/mol. The first-order valence-corrected chi connectivity index (χ1v) is 8.94. The van der Waals surface area contributed by atoms with Gasteiger partial charge in [0, 0.05) is 19.8 Å². The summed E-state index contributed by atoms with van der Waals surface area (Å²) < 4.78 is 32.9. The van der Waals surface area contributed by atoms with Gasteiger partial charge < -0.3 is 9.84 Å². The highest BCUT2D eigenvalue weighted by molar-refractivity contribution is 7.89. The summed E-state index contributed by atoms with van der Waals surface area (Å²) in [6.07, 6.45) is 2.36. The van der Waals surface area contributed by atoms with Crippen molar-refractivity contribution in [1.82, 2.24) is 14.1 Å². The maximum Gasteiger partial charge on any atom is 0.325 e. The highest BCUT2D eigenvalue weighted by Crippen LogP contribution is 2.25. The van der Waals surface area contributed by atoms with Gasteiger partial charge in [-0.25, -0.2) is 8.42 Å². The van der Waals surface area contributed by atoms with E-state index in [-0.39, 0.29) is 11.4 Å². The van der Waals surface area contributed by atoms with Gasteiger partial charge in [-0.05, 0) is 30.5 Å². The van der Waals surface area contributed by atoms with Crippen LogP contribution in [0.15, 0.2) is 29.4 Å². The lowest BCUT2D eigenvalue weighted by Crippen LogP contribution is -2.26. The Labute approximate surface area is 146 Å². The van der Waals surface area contributed by atoms with Crippen molar-refractivity contribution in [1.29, 1.82) is 0 Å². The van der Waals surface area contributed by atoms with Crippen LogP contribution >= 0.6 is 0 Å². The summed E-state index contributed by atoms with van der Waals surface area (Å²) in [5.41, 5.74) is 2.69. The molecule has 136 valence electrons. The van der Waals surface area contributed by atoms with Crippen molar-refractivity contribution in [2.45, 2.75) is 31.8 Å². The van der Waals surface area contributed by atoms with Gasteiger partial charge in [-0.1, -0.05) is 12.1 Å². The molecule has 0 aliphatic rings. The van der Waals surface area contributed by atoms with E-state index in [2.05, 4.69) is 5.10 Å². The molecule has 9 heteroatoms. The normalized spacial score (nSPS) is 11.7. The molecule has 1 aromatic carbocycles. The van der Waals surface area contributed by atoms with E-state index in [0.717, 1.165) is 33.3 Å². The molecule has 0 spiro atoms. The first kappa shape index (κ1) is 18.9. The zero-order chi connectivity index (χ0) is 18.8. The average molecular weight is 367 g/mol. The second-order valence-corrected chi connectivity index (χ2v) is 7.84. The Kier molecular flexibility index (Phi) is 5.48. The molecule has 0 fully saturated rings. The maximum absolute atomic E-state index is 12.6. The Morgan fingerprint density at radius 2 is 1.92 bits per heavy atom. The first-order chi connectivity index (χ1) is 11.6. The molecule has 0 saturated carbocycles. The van der Waals surface area contributed by atoms with Gasteiger partial charge in [-0.15, -0.1) is 0 Å². The third-order valence-corrected chi connectivity index (χ3v) is 5.50. The lowest BCUT2D eigenvalue weighted by Gasteiger charge is -2.18. The molecule has 0 aliphatic heterocycles. The third-order valence-electron chi connectivity index (χ3n) is 3.74. The predicted molar refractivity (Wildman–Crippen MR) is 91.0 cm³/mol. The van der Waals surface area contributed by atoms with Gasteiger partial charge in [0.2, 0.25) is 10.0 Å². The number of hydrogen-bond acceptors (Lipinski definition) is 5. The second-order valence-electron chi connectivity index (χ2n) is 5.79. The highest BCUT2D eigenvalue weighted by Gasteiger charge is 2.23. The SMILES string of the molecule is COc1c(C)cc(CN(C)S(=O)(=O)c2cnn(CC(=O)O)c2)cc1C. The molecule has 2 aromatic rings. The minimum atomic E-state index is -3.77. The molecule has 0 saturated heterocycles. The van der Waals surface area contributed by atoms with Gasteiger partial charge in [-0.3, -0.25) is 9.48 Å². The van der Waals surface area contributed by atoms with Crippen LogP contribution in [0.1, 0.15) is 16.7 Å². The molecule has 0 unspecified atom stereocenters. The van der Waals surface area contributed by atoms with E-state index in [1.165, 1.54) is 17.5 Å². The number of carboxylic acids is 1. The van der Waals surface area contributed by atoms with E-state index >= 15 is 0 Å². The quantitative estimate of drug-likeness (QED) is 0.794. The zero-order valence-electron chi connectivity index (χ0n) is 14.6. The van der Waals surface area contributed by atoms with Crippen molar-refractivity contribution in [3.63, 3.8) is 0 Å². The Balaban J connectivity index is 2.23. The summed E-state index contributed by atoms with van der Waals surface area (Å²) >= 11 is 0. The van der Waals surface area contributed by atoms with Gasteiger partial charge in [-0.2, -0.15) is 9.40 Å². The van der Waals surface area contributed by atoms with Gasteiger partial charge in [0.05, 0.1) is 13.3 Å². The Morgan fingerprint density at radius 1 is 1.32 bits per heavy atom. The minimum absolute atomic E-state index is 0.0433. The van der Waals surface area contributed by atoms with Gasteiger partial charge >= 0.3 is 5.97 Å². The van der Waals surface area contributed by atoms with Crippen LogP contribution in [0, 0.1) is 13.8 Å². The first-order valence-electron chi connectivity index (χ1n) is 7.50. The summed E-state index contributed by atoms with van der Waals surface area (Å²) in [7, 11) is -0.699. The van der Waals surface area contributed by atoms with E-state index in [1.54, 1.807) is 7.11 Å². The lowest BCUT2D eigenvalue weighted by molar-refractivity contribution is -0.137. The molecule has 1 aromatic heterocycles. The van der Waals surface area contributed by atoms with Crippen molar-refractivity contribution >= 4 is 16.0 Å². The lowest BCUT2D eigenvalue weighted by atomic mass is 10.1. The number of hydrogen-bond donors (Lipinski definition) is 1. The fraction of sp³-hybridized carbons (Fsp3) is 0.375. The number of rotatable bonds is 7. The van der Waals surface area contributed by atoms with Crippen molar-refractivity contribution in [3.8, 4) is 5.75 Å². The van der Waals surface area contributed by atoms with Crippen LogP contribution in [0.4, 0.5) is 0 Å². The Hall–Kier alpha value is -2.39. The van der Waals surface area contributed by atoms with Crippen molar-refractivity contribution in [3.05, 3.63) is 41.2 Å². The van der Waals surface area contributed by atoms with E-state index in [9.17, 15) is 13.2 Å². The minimum Gasteiger partial charge on any atom is -0.496 e. The number of aliphatic carboxylic acids is 1. The van der Waals surface area contributed by atoms with Gasteiger partial charge in [0.15, 0.2) is 0 Å². The smallest absolute Gasteiger partial charge is 0.325 e. The number of carboxylic acid groups (broad SMARTS) is 1. The predicted octanol–water partition coefficient (Wildman–Crippen LogP) is 1.41. The zero-order valence-corrected chi connectivity index (χ0v) is 15.4. The molecule has 0 amide bonds. The molecule has 0 atom stereocenters. The average Bonchev–Trinajstić information content (AvgIpc) is 2.95. The Bertz CT molecular complexity index is 866. The molecule has 0 bridgehead atoms. The number of benzene rings is 1. The van der Waals surface area contributed by atoms with Crippen molar-refractivity contribution in [2.24, 2.45) is 0 Å². The molecule has 1 N–H and O–H groups in total. The summed E-state index contributed by atoms with van der Waals surface area (Å²) in [4.78, 5) is 10.6. The molecule has 0 radical (unpaired) electrons. The van der Waals surface area contributed by atoms with Crippen LogP contribution in [-0.2, 0) is 27.9 Å². The molecule has 1 heterocycles. The van der Waals surface area contributed by atoms with Crippen LogP contribution in [0.25, 0.3) is 0 Å². The fourth-order valence-corrected chi connectivity index (χ4v) is 3.79. The van der Waals surface area contributed by atoms with Gasteiger partial charge in [0.25, 0.3) is 0 Å². The maximum atomic E-state index is 12.6. The van der Waals surface area contributed by atoms with Crippen molar-refractivity contribution < 1.29 is 23.1 Å². The summed E-state index contributed by atoms with van der Waals surface area (Å²) in [5, 5.41) is 12.5.